The van der Waals surface area contributed by atoms with Gasteiger partial charge < -0.3 is 18.5 Å². The smallest absolute Gasteiger partial charge is 0.261 e. The Labute approximate surface area is 365 Å². The number of aldehydes is 1. The van der Waals surface area contributed by atoms with E-state index in [1.165, 1.54) is 32.1 Å². The molecule has 0 aliphatic rings. The van der Waals surface area contributed by atoms with Gasteiger partial charge in [0.05, 0.1) is 18.1 Å². The van der Waals surface area contributed by atoms with Crippen molar-refractivity contribution >= 4 is 72.8 Å². The minimum atomic E-state index is -2.66. The van der Waals surface area contributed by atoms with E-state index in [2.05, 4.69) is 205 Å². The second kappa shape index (κ2) is 20.1. The van der Waals surface area contributed by atoms with Gasteiger partial charge in [-0.3, -0.25) is 4.79 Å². The maximum atomic E-state index is 11.4. The zero-order valence-electron chi connectivity index (χ0n) is 36.4. The maximum Gasteiger partial charge on any atom is 0.261 e. The SMILES string of the molecule is CN(CCO[Si](c1ccccc1)(c1ccccc1)C(C)(C)C)c1ccc(/C=C/c2ccc(C=O)s2)c(OCCCCO[Si](c2ccccc2)(c2ccccc2)C(C)(C)C)c1. The molecule has 0 bridgehead atoms. The van der Waals surface area contributed by atoms with Crippen molar-refractivity contribution in [1.29, 1.82) is 0 Å². The third-order valence-electron chi connectivity index (χ3n) is 11.3. The van der Waals surface area contributed by atoms with Crippen LogP contribution in [-0.4, -0.2) is 56.3 Å². The van der Waals surface area contributed by atoms with Crippen LogP contribution in [0.5, 0.6) is 5.75 Å². The first-order valence-electron chi connectivity index (χ1n) is 21.1. The summed E-state index contributed by atoms with van der Waals surface area (Å²) in [5.74, 6) is 0.823. The Morgan fingerprint density at radius 1 is 0.550 bits per heavy atom. The third kappa shape index (κ3) is 10.2. The lowest BCUT2D eigenvalue weighted by Gasteiger charge is -2.43. The summed E-state index contributed by atoms with van der Waals surface area (Å²) in [6.07, 6.45) is 6.76. The van der Waals surface area contributed by atoms with Gasteiger partial charge in [-0.2, -0.15) is 0 Å². The summed E-state index contributed by atoms with van der Waals surface area (Å²) in [5.41, 5.74) is 2.04. The van der Waals surface area contributed by atoms with Crippen LogP contribution in [0.3, 0.4) is 0 Å². The second-order valence-corrected chi connectivity index (χ2v) is 27.2. The fourth-order valence-corrected chi connectivity index (χ4v) is 18.2. The summed E-state index contributed by atoms with van der Waals surface area (Å²) in [6, 6.07) is 53.5. The minimum Gasteiger partial charge on any atom is -0.493 e. The molecule has 0 amide bonds. The van der Waals surface area contributed by atoms with Crippen molar-refractivity contribution in [3.05, 3.63) is 167 Å². The summed E-state index contributed by atoms with van der Waals surface area (Å²) in [5, 5.41) is 4.98. The average molecular weight is 852 g/mol. The molecule has 6 rings (SSSR count). The van der Waals surface area contributed by atoms with Crippen LogP contribution in [0.15, 0.2) is 152 Å². The van der Waals surface area contributed by atoms with Crippen molar-refractivity contribution in [2.75, 3.05) is 38.3 Å². The van der Waals surface area contributed by atoms with Crippen molar-refractivity contribution < 1.29 is 18.4 Å². The lowest BCUT2D eigenvalue weighted by atomic mass is 10.1. The molecule has 312 valence electrons. The van der Waals surface area contributed by atoms with Crippen LogP contribution in [0.25, 0.3) is 12.2 Å². The Morgan fingerprint density at radius 2 is 1.00 bits per heavy atom. The molecule has 5 nitrogen and oxygen atoms in total. The molecule has 0 saturated carbocycles. The molecule has 8 heteroatoms. The number of carbonyl (C=O) groups excluding carboxylic acids is 1. The molecule has 6 aromatic rings. The van der Waals surface area contributed by atoms with Crippen LogP contribution < -0.4 is 30.4 Å². The van der Waals surface area contributed by atoms with E-state index in [0.717, 1.165) is 41.0 Å². The first kappa shape index (κ1) is 44.7. The third-order valence-corrected chi connectivity index (χ3v) is 22.4. The van der Waals surface area contributed by atoms with Crippen LogP contribution in [0.4, 0.5) is 5.69 Å². The molecular formula is C52H61NO4SSi2. The van der Waals surface area contributed by atoms with Gasteiger partial charge in [0.15, 0.2) is 6.29 Å². The number of likely N-dealkylation sites (N-methyl/N-ethyl adjacent to an activating group) is 1. The van der Waals surface area contributed by atoms with Crippen molar-refractivity contribution in [2.24, 2.45) is 0 Å². The fourth-order valence-electron chi connectivity index (χ4n) is 8.32. The van der Waals surface area contributed by atoms with Crippen LogP contribution in [0.2, 0.25) is 10.1 Å². The van der Waals surface area contributed by atoms with E-state index in [1.807, 2.05) is 12.1 Å². The summed E-state index contributed by atoms with van der Waals surface area (Å²) < 4.78 is 21.0. The topological polar surface area (TPSA) is 48.0 Å². The summed E-state index contributed by atoms with van der Waals surface area (Å²) in [6.45, 7) is 16.4. The monoisotopic (exact) mass is 851 g/mol. The number of nitrogens with zero attached hydrogens (tertiary/aromatic N) is 1. The normalized spacial score (nSPS) is 12.4. The molecular weight excluding hydrogens is 791 g/mol. The summed E-state index contributed by atoms with van der Waals surface area (Å²) in [7, 11) is -3.14. The molecule has 60 heavy (non-hydrogen) atoms. The van der Waals surface area contributed by atoms with Gasteiger partial charge in [-0.1, -0.05) is 163 Å². The second-order valence-electron chi connectivity index (χ2n) is 17.4. The predicted molar refractivity (Wildman–Crippen MR) is 260 cm³/mol. The number of anilines is 1. The van der Waals surface area contributed by atoms with Crippen molar-refractivity contribution in [3.63, 3.8) is 0 Å². The molecule has 1 aromatic heterocycles. The van der Waals surface area contributed by atoms with Gasteiger partial charge in [-0.05, 0) is 80.1 Å². The molecule has 0 fully saturated rings. The summed E-state index contributed by atoms with van der Waals surface area (Å²) in [4.78, 5) is 15.3. The highest BCUT2D eigenvalue weighted by Gasteiger charge is 2.51. The lowest BCUT2D eigenvalue weighted by Crippen LogP contribution is -2.67. The number of hydrogen-bond acceptors (Lipinski definition) is 6. The molecule has 0 aliphatic heterocycles. The Kier molecular flexibility index (Phi) is 15.0. The molecule has 5 aromatic carbocycles. The van der Waals surface area contributed by atoms with Crippen LogP contribution in [0.1, 0.15) is 74.5 Å². The van der Waals surface area contributed by atoms with E-state index in [9.17, 15) is 4.79 Å². The first-order valence-corrected chi connectivity index (χ1v) is 25.7. The van der Waals surface area contributed by atoms with Gasteiger partial charge in [0.25, 0.3) is 16.6 Å². The Hall–Kier alpha value is -4.84. The van der Waals surface area contributed by atoms with Crippen molar-refractivity contribution in [1.82, 2.24) is 0 Å². The van der Waals surface area contributed by atoms with E-state index in [0.29, 0.717) is 31.2 Å². The highest BCUT2D eigenvalue weighted by molar-refractivity contribution is 7.14. The molecule has 0 saturated heterocycles. The quantitative estimate of drug-likeness (QED) is 0.0462. The Balaban J connectivity index is 1.18. The van der Waals surface area contributed by atoms with E-state index >= 15 is 0 Å². The van der Waals surface area contributed by atoms with E-state index in [4.69, 9.17) is 13.6 Å². The highest BCUT2D eigenvalue weighted by atomic mass is 32.1. The molecule has 0 spiro atoms. The van der Waals surface area contributed by atoms with Gasteiger partial charge in [-0.25, -0.2) is 0 Å². The van der Waals surface area contributed by atoms with E-state index in [-0.39, 0.29) is 10.1 Å². The van der Waals surface area contributed by atoms with Gasteiger partial charge in [0, 0.05) is 42.4 Å². The standard InChI is InChI=1S/C52H61NO4SSi2/c1-51(2,3)59(46-22-12-8-13-23-46,47-24-14-9-15-25-47)56-38-21-20-37-55-50-40-43(32-30-42(50)31-33-44-34-35-45(41-54)58-44)53(7)36-39-57-60(52(4,5)6,48-26-16-10-17-27-48)49-28-18-11-19-29-49/h8-19,22-35,40-41H,20-21,36-39H2,1-7H3/b33-31+. The van der Waals surface area contributed by atoms with Gasteiger partial charge in [-0.15, -0.1) is 11.3 Å². The molecule has 0 unspecified atom stereocenters. The number of thiophene rings is 1. The van der Waals surface area contributed by atoms with Gasteiger partial charge in [0.1, 0.15) is 5.75 Å². The van der Waals surface area contributed by atoms with E-state index < -0.39 is 16.6 Å². The minimum absolute atomic E-state index is 0.0699. The number of benzene rings is 5. The highest BCUT2D eigenvalue weighted by Crippen LogP contribution is 2.38. The molecule has 0 N–H and O–H groups in total. The van der Waals surface area contributed by atoms with E-state index in [1.54, 1.807) is 0 Å². The number of carbonyl (C=O) groups is 1. The zero-order valence-corrected chi connectivity index (χ0v) is 39.2. The lowest BCUT2D eigenvalue weighted by molar-refractivity contribution is 0.112. The van der Waals surface area contributed by atoms with Gasteiger partial charge in [0.2, 0.25) is 0 Å². The average Bonchev–Trinajstić information content (AvgIpc) is 3.73. The zero-order chi connectivity index (χ0) is 42.6. The number of ether oxygens (including phenoxy) is 1. The first-order chi connectivity index (χ1) is 28.9. The van der Waals surface area contributed by atoms with Crippen molar-refractivity contribution in [2.45, 2.75) is 64.5 Å². The van der Waals surface area contributed by atoms with Crippen LogP contribution in [-0.2, 0) is 8.85 Å². The maximum absolute atomic E-state index is 11.4. The molecule has 0 atom stereocenters. The van der Waals surface area contributed by atoms with Crippen LogP contribution >= 0.6 is 11.3 Å². The fraction of sp³-hybridized carbons (Fsp3) is 0.288. The predicted octanol–water partition coefficient (Wildman–Crippen LogP) is 10.5. The Morgan fingerprint density at radius 3 is 1.45 bits per heavy atom. The number of hydrogen-bond donors (Lipinski definition) is 0. The number of rotatable bonds is 19. The molecule has 0 aliphatic carbocycles. The summed E-state index contributed by atoms with van der Waals surface area (Å²) >= 11 is 1.48. The number of unbranched alkanes of at least 4 members (excludes halogenated alkanes) is 1. The largest absolute Gasteiger partial charge is 0.493 e. The molecule has 0 radical (unpaired) electrons. The van der Waals surface area contributed by atoms with Gasteiger partial charge >= 0.3 is 0 Å². The molecule has 1 heterocycles. The van der Waals surface area contributed by atoms with Crippen LogP contribution in [0, 0.1) is 0 Å². The van der Waals surface area contributed by atoms with Crippen molar-refractivity contribution in [3.8, 4) is 5.75 Å². The Bertz CT molecular complexity index is 2190.